The molecule has 0 bridgehead atoms. The molecular formula is C12H24ClN. The highest BCUT2D eigenvalue weighted by atomic mass is 35.5. The fourth-order valence-electron chi connectivity index (χ4n) is 1.69. The molecule has 2 aliphatic carbocycles. The van der Waals surface area contributed by atoms with Crippen LogP contribution in [0.4, 0.5) is 0 Å². The Balaban J connectivity index is 0.000000149. The maximum Gasteiger partial charge on any atom is 0.0223 e. The monoisotopic (exact) mass is 217 g/mol. The molecule has 2 rings (SSSR count). The van der Waals surface area contributed by atoms with E-state index in [4.69, 9.17) is 17.3 Å². The van der Waals surface area contributed by atoms with Crippen molar-refractivity contribution in [3.8, 4) is 0 Å². The summed E-state index contributed by atoms with van der Waals surface area (Å²) in [7, 11) is 0. The summed E-state index contributed by atoms with van der Waals surface area (Å²) in [5.74, 6) is 2.69. The van der Waals surface area contributed by atoms with Crippen molar-refractivity contribution in [2.24, 2.45) is 17.6 Å². The van der Waals surface area contributed by atoms with Gasteiger partial charge in [-0.1, -0.05) is 19.8 Å². The Labute approximate surface area is 93.4 Å². The third kappa shape index (κ3) is 5.21. The van der Waals surface area contributed by atoms with E-state index >= 15 is 0 Å². The van der Waals surface area contributed by atoms with Crippen molar-refractivity contribution in [2.45, 2.75) is 57.9 Å². The Kier molecular flexibility index (Phi) is 5.88. The van der Waals surface area contributed by atoms with E-state index in [0.717, 1.165) is 17.7 Å². The average molecular weight is 218 g/mol. The minimum absolute atomic E-state index is 0.593. The molecule has 0 radical (unpaired) electrons. The van der Waals surface area contributed by atoms with Crippen LogP contribution in [0, 0.1) is 11.8 Å². The number of unbranched alkanes of at least 4 members (excludes halogenated alkanes) is 2. The summed E-state index contributed by atoms with van der Waals surface area (Å²) in [6.07, 6.45) is 9.39. The molecule has 2 saturated carbocycles. The van der Waals surface area contributed by atoms with Gasteiger partial charge in [0.05, 0.1) is 0 Å². The summed E-state index contributed by atoms with van der Waals surface area (Å²) >= 11 is 5.38. The molecule has 0 aliphatic heterocycles. The van der Waals surface area contributed by atoms with Crippen molar-refractivity contribution >= 4 is 11.6 Å². The maximum atomic E-state index is 5.88. The van der Waals surface area contributed by atoms with Gasteiger partial charge in [0.25, 0.3) is 0 Å². The van der Waals surface area contributed by atoms with Crippen molar-refractivity contribution in [3.05, 3.63) is 0 Å². The van der Waals surface area contributed by atoms with Crippen LogP contribution in [0.15, 0.2) is 0 Å². The fraction of sp³-hybridized carbons (Fsp3) is 1.00. The van der Waals surface area contributed by atoms with Gasteiger partial charge in [-0.15, -0.1) is 11.6 Å². The molecule has 2 heteroatoms. The van der Waals surface area contributed by atoms with Crippen molar-refractivity contribution in [3.63, 3.8) is 0 Å². The Morgan fingerprint density at radius 2 is 1.64 bits per heavy atom. The van der Waals surface area contributed by atoms with Gasteiger partial charge in [-0.3, -0.25) is 0 Å². The Morgan fingerprint density at radius 3 is 1.86 bits per heavy atom. The van der Waals surface area contributed by atoms with Crippen LogP contribution in [0.25, 0.3) is 0 Å². The van der Waals surface area contributed by atoms with E-state index in [1.165, 1.54) is 44.9 Å². The van der Waals surface area contributed by atoms with Crippen LogP contribution in [0.3, 0.4) is 0 Å². The van der Waals surface area contributed by atoms with Crippen LogP contribution in [-0.4, -0.2) is 11.9 Å². The zero-order valence-electron chi connectivity index (χ0n) is 9.34. The number of hydrogen-bond acceptors (Lipinski definition) is 1. The number of rotatable bonds is 5. The van der Waals surface area contributed by atoms with Crippen LogP contribution in [-0.2, 0) is 0 Å². The van der Waals surface area contributed by atoms with Crippen molar-refractivity contribution in [2.75, 3.05) is 5.88 Å². The Morgan fingerprint density at radius 1 is 1.14 bits per heavy atom. The van der Waals surface area contributed by atoms with E-state index in [1.54, 1.807) is 0 Å². The highest BCUT2D eigenvalue weighted by Crippen LogP contribution is 2.43. The van der Waals surface area contributed by atoms with Crippen molar-refractivity contribution < 1.29 is 0 Å². The van der Waals surface area contributed by atoms with Gasteiger partial charge in [-0.25, -0.2) is 0 Å². The lowest BCUT2D eigenvalue weighted by Crippen LogP contribution is -2.24. The molecule has 2 aliphatic rings. The average Bonchev–Trinajstić information content (AvgIpc) is 3.08. The molecule has 0 spiro atoms. The van der Waals surface area contributed by atoms with Crippen LogP contribution < -0.4 is 5.73 Å². The van der Waals surface area contributed by atoms with Gasteiger partial charge >= 0.3 is 0 Å². The quantitative estimate of drug-likeness (QED) is 0.553. The molecular weight excluding hydrogens is 194 g/mol. The number of halogens is 1. The molecule has 0 aromatic rings. The molecule has 0 saturated heterocycles. The van der Waals surface area contributed by atoms with Gasteiger partial charge in [0.15, 0.2) is 0 Å². The van der Waals surface area contributed by atoms with Gasteiger partial charge in [0.1, 0.15) is 0 Å². The molecule has 84 valence electrons. The standard InChI is InChI=1S/C7H13N.C5H11Cl/c8-7(5-1-2-5)6-3-4-6;1-2-3-4-5-6/h5-7H,1-4,8H2;2-5H2,1H3. The topological polar surface area (TPSA) is 26.0 Å². The van der Waals surface area contributed by atoms with E-state index in [1.807, 2.05) is 0 Å². The lowest BCUT2D eigenvalue weighted by atomic mass is 10.1. The molecule has 0 unspecified atom stereocenters. The molecule has 0 heterocycles. The third-order valence-corrected chi connectivity index (χ3v) is 3.34. The normalized spacial score (nSPS) is 20.6. The summed E-state index contributed by atoms with van der Waals surface area (Å²) in [4.78, 5) is 0. The first kappa shape index (κ1) is 12.3. The first-order valence-electron chi connectivity index (χ1n) is 6.11. The summed E-state index contributed by atoms with van der Waals surface area (Å²) in [6, 6.07) is 0.593. The number of hydrogen-bond donors (Lipinski definition) is 1. The minimum Gasteiger partial charge on any atom is -0.327 e. The van der Waals surface area contributed by atoms with Crippen molar-refractivity contribution in [1.29, 1.82) is 0 Å². The second-order valence-electron chi connectivity index (χ2n) is 4.65. The first-order chi connectivity index (χ1) is 6.79. The zero-order valence-corrected chi connectivity index (χ0v) is 10.1. The van der Waals surface area contributed by atoms with Gasteiger partial charge in [-0.05, 0) is 43.9 Å². The number of nitrogens with two attached hydrogens (primary N) is 1. The molecule has 2 fully saturated rings. The predicted octanol–water partition coefficient (Wildman–Crippen LogP) is 3.55. The van der Waals surface area contributed by atoms with Gasteiger partial charge in [-0.2, -0.15) is 0 Å². The minimum atomic E-state index is 0.593. The lowest BCUT2D eigenvalue weighted by molar-refractivity contribution is 0.530. The van der Waals surface area contributed by atoms with E-state index in [9.17, 15) is 0 Å². The molecule has 2 N–H and O–H groups in total. The van der Waals surface area contributed by atoms with Crippen LogP contribution in [0.5, 0.6) is 0 Å². The second-order valence-corrected chi connectivity index (χ2v) is 5.03. The molecule has 0 atom stereocenters. The summed E-state index contributed by atoms with van der Waals surface area (Å²) < 4.78 is 0. The largest absolute Gasteiger partial charge is 0.327 e. The van der Waals surface area contributed by atoms with E-state index in [-0.39, 0.29) is 0 Å². The zero-order chi connectivity index (χ0) is 10.4. The van der Waals surface area contributed by atoms with E-state index < -0.39 is 0 Å². The highest BCUT2D eigenvalue weighted by molar-refractivity contribution is 6.17. The third-order valence-electron chi connectivity index (χ3n) is 3.07. The van der Waals surface area contributed by atoms with E-state index in [0.29, 0.717) is 6.04 Å². The van der Waals surface area contributed by atoms with E-state index in [2.05, 4.69) is 6.92 Å². The summed E-state index contributed by atoms with van der Waals surface area (Å²) in [5.41, 5.74) is 5.88. The van der Waals surface area contributed by atoms with Crippen LogP contribution in [0.2, 0.25) is 0 Å². The fourth-order valence-corrected chi connectivity index (χ4v) is 1.88. The van der Waals surface area contributed by atoms with Crippen molar-refractivity contribution in [1.82, 2.24) is 0 Å². The van der Waals surface area contributed by atoms with Gasteiger partial charge < -0.3 is 5.73 Å². The predicted molar refractivity (Wildman–Crippen MR) is 63.7 cm³/mol. The molecule has 14 heavy (non-hydrogen) atoms. The van der Waals surface area contributed by atoms with Gasteiger partial charge in [0, 0.05) is 11.9 Å². The number of alkyl halides is 1. The van der Waals surface area contributed by atoms with Crippen LogP contribution >= 0.6 is 11.6 Å². The van der Waals surface area contributed by atoms with Gasteiger partial charge in [0.2, 0.25) is 0 Å². The Hall–Kier alpha value is 0.250. The van der Waals surface area contributed by atoms with Crippen LogP contribution in [0.1, 0.15) is 51.9 Å². The first-order valence-corrected chi connectivity index (χ1v) is 6.64. The highest BCUT2D eigenvalue weighted by Gasteiger charge is 2.38. The Bertz CT molecular complexity index is 125. The molecule has 0 aromatic heterocycles. The SMILES string of the molecule is CCCCCCl.NC(C1CC1)C1CC1. The molecule has 1 nitrogen and oxygen atoms in total. The summed E-state index contributed by atoms with van der Waals surface area (Å²) in [6.45, 7) is 2.17. The molecule has 0 amide bonds. The summed E-state index contributed by atoms with van der Waals surface area (Å²) in [5, 5.41) is 0. The second kappa shape index (κ2) is 6.68. The maximum absolute atomic E-state index is 5.88. The lowest BCUT2D eigenvalue weighted by Gasteiger charge is -2.05. The smallest absolute Gasteiger partial charge is 0.0223 e. The molecule has 0 aromatic carbocycles.